The zero-order valence-corrected chi connectivity index (χ0v) is 19.6. The minimum Gasteiger partial charge on any atom is -0.460 e. The van der Waals surface area contributed by atoms with E-state index in [0.29, 0.717) is 12.2 Å². The molecule has 0 aromatic carbocycles. The van der Waals surface area contributed by atoms with Crippen LogP contribution >= 0.6 is 0 Å². The molecule has 2 aliphatic carbocycles. The zero-order valence-electron chi connectivity index (χ0n) is 19.6. The number of hydrogen-bond donors (Lipinski definition) is 1. The third-order valence-corrected chi connectivity index (χ3v) is 8.02. The second-order valence-corrected chi connectivity index (χ2v) is 10.5. The maximum absolute atomic E-state index is 13.9. The largest absolute Gasteiger partial charge is 0.460 e. The van der Waals surface area contributed by atoms with Crippen molar-refractivity contribution in [3.8, 4) is 0 Å². The minimum atomic E-state index is -0.900. The number of carbonyl (C=O) groups is 2. The molecular weight excluding hydrogens is 402 g/mol. The van der Waals surface area contributed by atoms with Gasteiger partial charge in [0.2, 0.25) is 5.91 Å². The van der Waals surface area contributed by atoms with E-state index in [1.54, 1.807) is 0 Å². The summed E-state index contributed by atoms with van der Waals surface area (Å²) in [5.74, 6) is 0.814. The molecule has 6 heteroatoms. The van der Waals surface area contributed by atoms with Crippen molar-refractivity contribution < 1.29 is 14.0 Å². The number of hydrogen-bond acceptors (Lipinski definition) is 3. The Morgan fingerprint density at radius 3 is 2.28 bits per heavy atom. The fourth-order valence-electron chi connectivity index (χ4n) is 6.27. The minimum absolute atomic E-state index is 0.00899. The summed E-state index contributed by atoms with van der Waals surface area (Å²) in [5, 5.41) is 3.38. The van der Waals surface area contributed by atoms with Gasteiger partial charge in [-0.05, 0) is 39.5 Å². The van der Waals surface area contributed by atoms with Crippen LogP contribution in [0.1, 0.15) is 100 Å². The molecule has 174 valence electrons. The molecule has 5 rings (SSSR count). The van der Waals surface area contributed by atoms with Crippen LogP contribution in [0.15, 0.2) is 16.5 Å². The Morgan fingerprint density at radius 1 is 1.00 bits per heavy atom. The Bertz CT molecular complexity index is 990. The zero-order chi connectivity index (χ0) is 22.3. The van der Waals surface area contributed by atoms with Crippen molar-refractivity contribution in [3.05, 3.63) is 23.6 Å². The molecule has 0 radical (unpaired) electrons. The average molecular weight is 440 g/mol. The van der Waals surface area contributed by atoms with Gasteiger partial charge in [-0.3, -0.25) is 9.59 Å². The number of aryl methyl sites for hydroxylation is 1. The summed E-state index contributed by atoms with van der Waals surface area (Å²) >= 11 is 0. The molecule has 2 amide bonds. The fourth-order valence-corrected chi connectivity index (χ4v) is 6.27. The highest BCUT2D eigenvalue weighted by Crippen LogP contribution is 2.38. The molecule has 2 saturated carbocycles. The highest BCUT2D eigenvalue weighted by atomic mass is 16.3. The highest BCUT2D eigenvalue weighted by Gasteiger charge is 2.50. The van der Waals surface area contributed by atoms with E-state index in [1.807, 2.05) is 35.4 Å². The lowest BCUT2D eigenvalue weighted by atomic mass is 9.89. The van der Waals surface area contributed by atoms with Gasteiger partial charge in [-0.2, -0.15) is 0 Å². The smallest absolute Gasteiger partial charge is 0.271 e. The van der Waals surface area contributed by atoms with E-state index in [9.17, 15) is 9.59 Å². The van der Waals surface area contributed by atoms with Gasteiger partial charge in [-0.25, -0.2) is 0 Å². The Kier molecular flexibility index (Phi) is 5.81. The summed E-state index contributed by atoms with van der Waals surface area (Å²) in [7, 11) is 0. The van der Waals surface area contributed by atoms with Crippen LogP contribution in [0.4, 0.5) is 0 Å². The monoisotopic (exact) mass is 439 g/mol. The number of rotatable bonds is 3. The van der Waals surface area contributed by atoms with Gasteiger partial charge in [0.1, 0.15) is 17.0 Å². The van der Waals surface area contributed by atoms with Crippen molar-refractivity contribution in [1.29, 1.82) is 0 Å². The normalized spacial score (nSPS) is 26.1. The van der Waals surface area contributed by atoms with Crippen molar-refractivity contribution in [2.75, 3.05) is 0 Å². The Labute approximate surface area is 190 Å². The number of furan rings is 1. The lowest BCUT2D eigenvalue weighted by molar-refractivity contribution is -0.135. The number of carbonyl (C=O) groups excluding carboxylic acids is 2. The van der Waals surface area contributed by atoms with Crippen molar-refractivity contribution in [2.24, 2.45) is 0 Å². The van der Waals surface area contributed by atoms with Gasteiger partial charge in [0.05, 0.1) is 12.1 Å². The van der Waals surface area contributed by atoms with Gasteiger partial charge in [0.15, 0.2) is 5.58 Å². The molecule has 6 nitrogen and oxygen atoms in total. The van der Waals surface area contributed by atoms with Gasteiger partial charge in [0.25, 0.3) is 5.91 Å². The third-order valence-electron chi connectivity index (χ3n) is 8.02. The van der Waals surface area contributed by atoms with E-state index in [0.717, 1.165) is 55.4 Å². The van der Waals surface area contributed by atoms with Crippen molar-refractivity contribution >= 4 is 22.9 Å². The van der Waals surface area contributed by atoms with Gasteiger partial charge in [-0.1, -0.05) is 51.4 Å². The molecule has 3 heterocycles. The molecule has 2 aromatic heterocycles. The number of aromatic nitrogens is 1. The van der Waals surface area contributed by atoms with Crippen LogP contribution in [0, 0.1) is 6.92 Å². The van der Waals surface area contributed by atoms with Crippen molar-refractivity contribution in [3.63, 3.8) is 0 Å². The maximum atomic E-state index is 13.9. The predicted octanol–water partition coefficient (Wildman–Crippen LogP) is 5.32. The first-order valence-corrected chi connectivity index (χ1v) is 12.7. The molecule has 2 aromatic rings. The number of amides is 2. The Balaban J connectivity index is 1.52. The lowest BCUT2D eigenvalue weighted by Crippen LogP contribution is -2.67. The topological polar surface area (TPSA) is 67.5 Å². The summed E-state index contributed by atoms with van der Waals surface area (Å²) in [6, 6.07) is 4.19. The number of nitrogens with zero attached hydrogens (tertiary/aromatic N) is 2. The van der Waals surface area contributed by atoms with Crippen LogP contribution in [-0.2, 0) is 11.3 Å². The predicted molar refractivity (Wildman–Crippen MR) is 125 cm³/mol. The summed E-state index contributed by atoms with van der Waals surface area (Å²) < 4.78 is 7.86. The molecule has 32 heavy (non-hydrogen) atoms. The van der Waals surface area contributed by atoms with E-state index in [4.69, 9.17) is 4.42 Å². The van der Waals surface area contributed by atoms with Crippen LogP contribution < -0.4 is 5.32 Å². The second-order valence-electron chi connectivity index (χ2n) is 10.5. The van der Waals surface area contributed by atoms with Crippen LogP contribution in [-0.4, -0.2) is 38.9 Å². The van der Waals surface area contributed by atoms with Crippen LogP contribution in [0.5, 0.6) is 0 Å². The van der Waals surface area contributed by atoms with Crippen LogP contribution in [0.2, 0.25) is 0 Å². The fraction of sp³-hybridized carbons (Fsp3) is 0.692. The maximum Gasteiger partial charge on any atom is 0.271 e. The summed E-state index contributed by atoms with van der Waals surface area (Å²) in [6.07, 6.45) is 13.6. The molecule has 1 atom stereocenters. The summed E-state index contributed by atoms with van der Waals surface area (Å²) in [4.78, 5) is 29.8. The third kappa shape index (κ3) is 3.75. The first kappa shape index (κ1) is 21.6. The molecule has 0 bridgehead atoms. The molecule has 2 fully saturated rings. The first-order valence-electron chi connectivity index (χ1n) is 12.7. The van der Waals surface area contributed by atoms with E-state index >= 15 is 0 Å². The number of nitrogens with one attached hydrogen (secondary N) is 1. The van der Waals surface area contributed by atoms with E-state index in [-0.39, 0.29) is 23.9 Å². The lowest BCUT2D eigenvalue weighted by Gasteiger charge is -2.48. The van der Waals surface area contributed by atoms with E-state index in [2.05, 4.69) is 5.32 Å². The quantitative estimate of drug-likeness (QED) is 0.658. The molecular formula is C26H37N3O3. The van der Waals surface area contributed by atoms with E-state index < -0.39 is 5.54 Å². The van der Waals surface area contributed by atoms with Crippen molar-refractivity contribution in [1.82, 2.24) is 14.8 Å². The molecule has 0 saturated heterocycles. The average Bonchev–Trinajstić information content (AvgIpc) is 3.04. The molecule has 1 unspecified atom stereocenters. The van der Waals surface area contributed by atoms with Crippen molar-refractivity contribution in [2.45, 2.75) is 115 Å². The SMILES string of the molecule is Cc1cc2c(cc3n2CC(C)(C(=O)NC2CCCCCC2)N(C2CCCCCC2)C3=O)o1. The molecule has 0 spiro atoms. The van der Waals surface area contributed by atoms with Gasteiger partial charge in [-0.15, -0.1) is 0 Å². The Morgan fingerprint density at radius 2 is 1.62 bits per heavy atom. The van der Waals surface area contributed by atoms with E-state index in [1.165, 1.54) is 38.5 Å². The van der Waals surface area contributed by atoms with Gasteiger partial charge < -0.3 is 19.2 Å². The molecule has 3 aliphatic rings. The Hall–Kier alpha value is -2.24. The first-order chi connectivity index (χ1) is 15.5. The molecule has 1 aliphatic heterocycles. The highest BCUT2D eigenvalue weighted by molar-refractivity contribution is 6.03. The van der Waals surface area contributed by atoms with Gasteiger partial charge >= 0.3 is 0 Å². The van der Waals surface area contributed by atoms with Gasteiger partial charge in [0, 0.05) is 24.2 Å². The molecule has 1 N–H and O–H groups in total. The standard InChI is InChI=1S/C26H37N3O3/c1-18-15-21-23(32-18)16-22-24(30)29(20-13-9-5-6-10-14-20)26(2,17-28(21)22)25(31)27-19-11-7-3-4-8-12-19/h15-16,19-20H,3-14,17H2,1-2H3,(H,27,31). The summed E-state index contributed by atoms with van der Waals surface area (Å²) in [6.45, 7) is 4.39. The number of fused-ring (bicyclic) bond motifs is 3. The van der Waals surface area contributed by atoms with Crippen LogP contribution in [0.3, 0.4) is 0 Å². The summed E-state index contributed by atoms with van der Waals surface area (Å²) in [5.41, 5.74) is 1.41. The second kappa shape index (κ2) is 8.60. The van der Waals surface area contributed by atoms with Crippen LogP contribution in [0.25, 0.3) is 11.1 Å².